The van der Waals surface area contributed by atoms with Crippen molar-refractivity contribution in [3.8, 4) is 11.4 Å². The van der Waals surface area contributed by atoms with Crippen molar-refractivity contribution in [1.29, 1.82) is 0 Å². The molecule has 1 amide bonds. The van der Waals surface area contributed by atoms with E-state index in [2.05, 4.69) is 15.6 Å². The van der Waals surface area contributed by atoms with Crippen molar-refractivity contribution < 1.29 is 9.59 Å². The standard InChI is InChI=1S/C18H14N4O2S/c23-15(10-13-17(24)21-18(25)20-13)22-14-9-5-4-8-12(14)19-16(22)11-6-2-1-3-7-11/h1-9,13H,10H2,(H2,20,21,24,25)/t13-/m1/s1. The number of rotatable bonds is 3. The van der Waals surface area contributed by atoms with E-state index in [9.17, 15) is 9.59 Å². The van der Waals surface area contributed by atoms with E-state index in [1.54, 1.807) is 4.57 Å². The fourth-order valence-corrected chi connectivity index (χ4v) is 3.17. The number of amides is 1. The lowest BCUT2D eigenvalue weighted by molar-refractivity contribution is -0.120. The van der Waals surface area contributed by atoms with E-state index >= 15 is 0 Å². The summed E-state index contributed by atoms with van der Waals surface area (Å²) >= 11 is 4.93. The molecule has 4 rings (SSSR count). The van der Waals surface area contributed by atoms with Gasteiger partial charge < -0.3 is 10.6 Å². The Morgan fingerprint density at radius 1 is 1.12 bits per heavy atom. The van der Waals surface area contributed by atoms with Crippen LogP contribution in [0.15, 0.2) is 54.6 Å². The molecular formula is C18H14N4O2S. The van der Waals surface area contributed by atoms with Gasteiger partial charge in [0.25, 0.3) is 0 Å². The summed E-state index contributed by atoms with van der Waals surface area (Å²) in [6.07, 6.45) is -0.00778. The summed E-state index contributed by atoms with van der Waals surface area (Å²) in [6.45, 7) is 0. The predicted octanol–water partition coefficient (Wildman–Crippen LogP) is 2.11. The van der Waals surface area contributed by atoms with E-state index in [1.807, 2.05) is 54.6 Å². The van der Waals surface area contributed by atoms with Crippen molar-refractivity contribution in [3.05, 3.63) is 54.6 Å². The average molecular weight is 350 g/mol. The second kappa shape index (κ2) is 6.10. The second-order valence-corrected chi connectivity index (χ2v) is 6.15. The first kappa shape index (κ1) is 15.5. The third kappa shape index (κ3) is 2.78. The zero-order valence-corrected chi connectivity index (χ0v) is 13.9. The fraction of sp³-hybridized carbons (Fsp3) is 0.111. The molecule has 1 saturated heterocycles. The lowest BCUT2D eigenvalue weighted by atomic mass is 10.1. The summed E-state index contributed by atoms with van der Waals surface area (Å²) in [5.74, 6) is 0.0571. The van der Waals surface area contributed by atoms with Gasteiger partial charge in [-0.2, -0.15) is 0 Å². The summed E-state index contributed by atoms with van der Waals surface area (Å²) in [4.78, 5) is 29.5. The maximum atomic E-state index is 13.0. The number of thiocarbonyl (C=S) groups is 1. The topological polar surface area (TPSA) is 76.0 Å². The average Bonchev–Trinajstić information content (AvgIpc) is 3.15. The number of fused-ring (bicyclic) bond motifs is 1. The van der Waals surface area contributed by atoms with Crippen LogP contribution >= 0.6 is 12.2 Å². The van der Waals surface area contributed by atoms with Gasteiger partial charge in [-0.1, -0.05) is 42.5 Å². The molecule has 0 unspecified atom stereocenters. The van der Waals surface area contributed by atoms with Crippen LogP contribution in [-0.4, -0.2) is 32.5 Å². The minimum atomic E-state index is -0.662. The van der Waals surface area contributed by atoms with Gasteiger partial charge in [-0.3, -0.25) is 14.2 Å². The minimum Gasteiger partial charge on any atom is -0.350 e. The van der Waals surface area contributed by atoms with Gasteiger partial charge >= 0.3 is 0 Å². The van der Waals surface area contributed by atoms with Crippen LogP contribution < -0.4 is 10.6 Å². The number of nitrogens with zero attached hydrogens (tertiary/aromatic N) is 2. The van der Waals surface area contributed by atoms with E-state index in [0.29, 0.717) is 11.3 Å². The molecular weight excluding hydrogens is 336 g/mol. The highest BCUT2D eigenvalue weighted by Gasteiger charge is 2.31. The van der Waals surface area contributed by atoms with Gasteiger partial charge in [-0.05, 0) is 24.4 Å². The van der Waals surface area contributed by atoms with Gasteiger partial charge in [0, 0.05) is 5.56 Å². The van der Waals surface area contributed by atoms with E-state index in [4.69, 9.17) is 12.2 Å². The highest BCUT2D eigenvalue weighted by molar-refractivity contribution is 7.80. The van der Waals surface area contributed by atoms with Crippen LogP contribution in [0, 0.1) is 0 Å². The molecule has 1 aromatic heterocycles. The quantitative estimate of drug-likeness (QED) is 0.708. The molecule has 1 aliphatic rings. The summed E-state index contributed by atoms with van der Waals surface area (Å²) in [6, 6.07) is 16.3. The van der Waals surface area contributed by atoms with E-state index < -0.39 is 6.04 Å². The van der Waals surface area contributed by atoms with E-state index in [1.165, 1.54) is 0 Å². The number of carbonyl (C=O) groups excluding carboxylic acids is 2. The third-order valence-corrected chi connectivity index (χ3v) is 4.30. The van der Waals surface area contributed by atoms with Crippen LogP contribution in [0.2, 0.25) is 0 Å². The molecule has 2 heterocycles. The summed E-state index contributed by atoms with van der Waals surface area (Å²) in [7, 11) is 0. The van der Waals surface area contributed by atoms with Crippen LogP contribution in [0.1, 0.15) is 11.2 Å². The molecule has 1 aliphatic heterocycles. The third-order valence-electron chi connectivity index (χ3n) is 4.08. The molecule has 7 heteroatoms. The smallest absolute Gasteiger partial charge is 0.249 e. The Labute approximate surface area is 148 Å². The zero-order chi connectivity index (χ0) is 17.4. The molecule has 1 fully saturated rings. The fourth-order valence-electron chi connectivity index (χ4n) is 2.93. The Morgan fingerprint density at radius 2 is 1.84 bits per heavy atom. The van der Waals surface area contributed by atoms with Gasteiger partial charge in [0.2, 0.25) is 11.8 Å². The number of nitrogens with one attached hydrogen (secondary N) is 2. The highest BCUT2D eigenvalue weighted by atomic mass is 32.1. The molecule has 0 bridgehead atoms. The number of hydrogen-bond acceptors (Lipinski definition) is 4. The van der Waals surface area contributed by atoms with Crippen molar-refractivity contribution in [1.82, 2.24) is 20.2 Å². The van der Waals surface area contributed by atoms with Crippen molar-refractivity contribution in [2.45, 2.75) is 12.5 Å². The first-order valence-corrected chi connectivity index (χ1v) is 8.22. The van der Waals surface area contributed by atoms with Gasteiger partial charge in [0.1, 0.15) is 11.9 Å². The number of hydrogen-bond donors (Lipinski definition) is 2. The summed E-state index contributed by atoms with van der Waals surface area (Å²) in [5, 5.41) is 5.58. The molecule has 2 aromatic carbocycles. The Hall–Kier alpha value is -3.06. The van der Waals surface area contributed by atoms with Crippen LogP contribution in [-0.2, 0) is 4.79 Å². The van der Waals surface area contributed by atoms with Crippen LogP contribution in [0.25, 0.3) is 22.4 Å². The Balaban J connectivity index is 1.78. The normalized spacial score (nSPS) is 16.7. The SMILES string of the molecule is O=C1NC(=S)N[C@@H]1CC(=O)n1c(-c2ccccc2)nc2ccccc21. The molecule has 0 aliphatic carbocycles. The molecule has 3 aromatic rings. The van der Waals surface area contributed by atoms with Crippen molar-refractivity contribution in [2.75, 3.05) is 0 Å². The van der Waals surface area contributed by atoms with E-state index in [0.717, 1.165) is 11.1 Å². The van der Waals surface area contributed by atoms with Crippen molar-refractivity contribution in [3.63, 3.8) is 0 Å². The first-order valence-electron chi connectivity index (χ1n) is 7.81. The molecule has 1 atom stereocenters. The number of benzene rings is 2. The monoisotopic (exact) mass is 350 g/mol. The van der Waals surface area contributed by atoms with Crippen LogP contribution in [0.5, 0.6) is 0 Å². The lowest BCUT2D eigenvalue weighted by Gasteiger charge is -2.11. The summed E-state index contributed by atoms with van der Waals surface area (Å²) in [5.41, 5.74) is 2.28. The minimum absolute atomic E-state index is 0.00778. The molecule has 25 heavy (non-hydrogen) atoms. The second-order valence-electron chi connectivity index (χ2n) is 5.74. The molecule has 2 N–H and O–H groups in total. The number of aromatic nitrogens is 2. The first-order chi connectivity index (χ1) is 12.1. The largest absolute Gasteiger partial charge is 0.350 e. The van der Waals surface area contributed by atoms with Gasteiger partial charge in [0.05, 0.1) is 17.5 Å². The number of imidazole rings is 1. The van der Waals surface area contributed by atoms with Gasteiger partial charge in [-0.15, -0.1) is 0 Å². The molecule has 0 saturated carbocycles. The lowest BCUT2D eigenvalue weighted by Crippen LogP contribution is -2.33. The summed E-state index contributed by atoms with van der Waals surface area (Å²) < 4.78 is 1.57. The van der Waals surface area contributed by atoms with Crippen LogP contribution in [0.4, 0.5) is 0 Å². The van der Waals surface area contributed by atoms with Crippen LogP contribution in [0.3, 0.4) is 0 Å². The Bertz CT molecular complexity index is 997. The van der Waals surface area contributed by atoms with Gasteiger partial charge in [0.15, 0.2) is 5.11 Å². The highest BCUT2D eigenvalue weighted by Crippen LogP contribution is 2.25. The number of para-hydroxylation sites is 2. The van der Waals surface area contributed by atoms with Crippen molar-refractivity contribution >= 4 is 40.2 Å². The number of carbonyl (C=O) groups is 2. The molecule has 0 spiro atoms. The Kier molecular flexibility index (Phi) is 3.77. The van der Waals surface area contributed by atoms with Crippen molar-refractivity contribution in [2.24, 2.45) is 0 Å². The molecule has 6 nitrogen and oxygen atoms in total. The van der Waals surface area contributed by atoms with E-state index in [-0.39, 0.29) is 23.3 Å². The molecule has 124 valence electrons. The Morgan fingerprint density at radius 3 is 2.56 bits per heavy atom. The maximum Gasteiger partial charge on any atom is 0.249 e. The maximum absolute atomic E-state index is 13.0. The van der Waals surface area contributed by atoms with Gasteiger partial charge in [-0.25, -0.2) is 4.98 Å². The predicted molar refractivity (Wildman–Crippen MR) is 98.1 cm³/mol. The zero-order valence-electron chi connectivity index (χ0n) is 13.1. The molecule has 0 radical (unpaired) electrons.